The molecule has 0 aliphatic heterocycles. The molecular formula is C11H9ClN4O6. The Balaban J connectivity index is 2.99. The van der Waals surface area contributed by atoms with Crippen LogP contribution in [0.25, 0.3) is 11.0 Å². The number of aromatic nitrogens is 2. The minimum Gasteiger partial charge on any atom is -0.489 e. The summed E-state index contributed by atoms with van der Waals surface area (Å²) in [7, 11) is 0. The van der Waals surface area contributed by atoms with Crippen LogP contribution >= 0.6 is 11.6 Å². The van der Waals surface area contributed by atoms with Crippen molar-refractivity contribution in [3.05, 3.63) is 20.7 Å². The number of halogens is 1. The Morgan fingerprint density at radius 2 is 1.91 bits per heavy atom. The van der Waals surface area contributed by atoms with Gasteiger partial charge in [0.2, 0.25) is 0 Å². The van der Waals surface area contributed by atoms with Gasteiger partial charge in [0, 0.05) is 0 Å². The van der Waals surface area contributed by atoms with Gasteiger partial charge in [0.1, 0.15) is 5.52 Å². The summed E-state index contributed by atoms with van der Waals surface area (Å²) in [5, 5.41) is 29.6. The largest absolute Gasteiger partial charge is 0.489 e. The van der Waals surface area contributed by atoms with E-state index in [1.807, 2.05) is 0 Å². The topological polar surface area (TPSA) is 162 Å². The van der Waals surface area contributed by atoms with Gasteiger partial charge in [0.05, 0.1) is 22.2 Å². The van der Waals surface area contributed by atoms with Crippen molar-refractivity contribution in [2.45, 2.75) is 6.92 Å². The fraction of sp³-hybridized carbons (Fsp3) is 0.182. The van der Waals surface area contributed by atoms with Gasteiger partial charge in [0.25, 0.3) is 11.8 Å². The Kier molecular flexibility index (Phi) is 3.87. The number of fused-ring (bicyclic) bond motifs is 1. The highest BCUT2D eigenvalue weighted by Gasteiger charge is 2.33. The molecule has 0 atom stereocenters. The van der Waals surface area contributed by atoms with Crippen molar-refractivity contribution in [3.63, 3.8) is 0 Å². The molecule has 0 fully saturated rings. The zero-order chi connectivity index (χ0) is 16.6. The molecule has 22 heavy (non-hydrogen) atoms. The first-order valence-electron chi connectivity index (χ1n) is 5.81. The van der Waals surface area contributed by atoms with Gasteiger partial charge in [-0.15, -0.1) is 0 Å². The predicted octanol–water partition coefficient (Wildman–Crippen LogP) is 1.36. The number of rotatable bonds is 3. The van der Waals surface area contributed by atoms with Gasteiger partial charge in [-0.2, -0.15) is 4.98 Å². The number of nitrogen functional groups attached to an aromatic ring is 1. The summed E-state index contributed by atoms with van der Waals surface area (Å²) in [6.07, 6.45) is 0. The maximum atomic E-state index is 11.9. The van der Waals surface area contributed by atoms with Gasteiger partial charge in [-0.1, -0.05) is 11.6 Å². The molecule has 0 amide bonds. The van der Waals surface area contributed by atoms with Gasteiger partial charge < -0.3 is 20.7 Å². The first-order valence-corrected chi connectivity index (χ1v) is 6.19. The lowest BCUT2D eigenvalue weighted by atomic mass is 10.1. The summed E-state index contributed by atoms with van der Waals surface area (Å²) >= 11 is 5.90. The van der Waals surface area contributed by atoms with Crippen LogP contribution in [0.1, 0.15) is 17.3 Å². The maximum absolute atomic E-state index is 11.9. The number of nitrogens with two attached hydrogens (primary N) is 1. The van der Waals surface area contributed by atoms with Crippen LogP contribution in [0.2, 0.25) is 5.02 Å². The number of aromatic hydroxyl groups is 2. The average Bonchev–Trinajstić information content (AvgIpc) is 2.44. The first-order chi connectivity index (χ1) is 10.3. The van der Waals surface area contributed by atoms with Crippen molar-refractivity contribution >= 4 is 40.0 Å². The molecule has 4 N–H and O–H groups in total. The van der Waals surface area contributed by atoms with Crippen molar-refractivity contribution < 1.29 is 24.7 Å². The lowest BCUT2D eigenvalue weighted by Crippen LogP contribution is -2.12. The standard InChI is InChI=1S/C11H9ClN4O6/c1-2-22-11(19)3-4(12)5(13)6-7(8(3)16(20)21)15-10(18)9(17)14-6/h2,13H2,1H3,(H,14,17)(H,15,18). The van der Waals surface area contributed by atoms with Gasteiger partial charge in [-0.05, 0) is 6.92 Å². The number of anilines is 1. The van der Waals surface area contributed by atoms with Gasteiger partial charge in [-0.3, -0.25) is 10.1 Å². The Morgan fingerprint density at radius 3 is 2.41 bits per heavy atom. The molecule has 0 aliphatic rings. The molecule has 116 valence electrons. The third-order valence-corrected chi connectivity index (χ3v) is 3.09. The summed E-state index contributed by atoms with van der Waals surface area (Å²) < 4.78 is 4.71. The van der Waals surface area contributed by atoms with Crippen molar-refractivity contribution in [1.82, 2.24) is 9.97 Å². The lowest BCUT2D eigenvalue weighted by molar-refractivity contribution is -0.383. The van der Waals surface area contributed by atoms with Crippen molar-refractivity contribution in [2.75, 3.05) is 12.3 Å². The van der Waals surface area contributed by atoms with E-state index in [-0.39, 0.29) is 17.8 Å². The average molecular weight is 329 g/mol. The highest BCUT2D eigenvalue weighted by atomic mass is 35.5. The second kappa shape index (κ2) is 5.48. The van der Waals surface area contributed by atoms with Crippen molar-refractivity contribution in [3.8, 4) is 11.8 Å². The van der Waals surface area contributed by atoms with Crippen LogP contribution in [0, 0.1) is 10.1 Å². The molecule has 10 nitrogen and oxygen atoms in total. The fourth-order valence-electron chi connectivity index (χ4n) is 1.80. The third kappa shape index (κ3) is 2.29. The summed E-state index contributed by atoms with van der Waals surface area (Å²) in [6, 6.07) is 0. The van der Waals surface area contributed by atoms with Crippen molar-refractivity contribution in [2.24, 2.45) is 0 Å². The van der Waals surface area contributed by atoms with E-state index in [1.165, 1.54) is 6.92 Å². The Labute approximate surface area is 127 Å². The molecule has 0 aliphatic carbocycles. The maximum Gasteiger partial charge on any atom is 0.346 e. The van der Waals surface area contributed by atoms with Gasteiger partial charge in [-0.25, -0.2) is 9.78 Å². The summed E-state index contributed by atoms with van der Waals surface area (Å²) in [5.74, 6) is -2.90. The smallest absolute Gasteiger partial charge is 0.346 e. The number of carbonyl (C=O) groups is 1. The molecule has 1 aromatic carbocycles. The van der Waals surface area contributed by atoms with E-state index in [9.17, 15) is 25.1 Å². The highest BCUT2D eigenvalue weighted by molar-refractivity contribution is 6.38. The molecule has 1 aromatic heterocycles. The lowest BCUT2D eigenvalue weighted by Gasteiger charge is -2.10. The number of hydrogen-bond donors (Lipinski definition) is 3. The second-order valence-corrected chi connectivity index (χ2v) is 4.37. The van der Waals surface area contributed by atoms with E-state index in [2.05, 4.69) is 9.97 Å². The number of esters is 1. The van der Waals surface area contributed by atoms with Crippen LogP contribution < -0.4 is 5.73 Å². The van der Waals surface area contributed by atoms with Crippen molar-refractivity contribution in [1.29, 1.82) is 0 Å². The molecule has 0 spiro atoms. The normalized spacial score (nSPS) is 10.6. The minimum atomic E-state index is -1.07. The van der Waals surface area contributed by atoms with Crippen LogP contribution in [0.3, 0.4) is 0 Å². The molecule has 0 bridgehead atoms. The summed E-state index contributed by atoms with van der Waals surface area (Å²) in [6.45, 7) is 1.46. The highest BCUT2D eigenvalue weighted by Crippen LogP contribution is 2.41. The number of ether oxygens (including phenoxy) is 1. The first kappa shape index (κ1) is 15.5. The molecule has 0 radical (unpaired) electrons. The van der Waals surface area contributed by atoms with Crippen LogP contribution in [0.15, 0.2) is 0 Å². The van der Waals surface area contributed by atoms with Crippen LogP contribution in [-0.2, 0) is 4.74 Å². The zero-order valence-electron chi connectivity index (χ0n) is 11.0. The molecule has 0 saturated carbocycles. The van der Waals surface area contributed by atoms with E-state index in [0.717, 1.165) is 0 Å². The quantitative estimate of drug-likeness (QED) is 0.326. The Morgan fingerprint density at radius 1 is 1.36 bits per heavy atom. The van der Waals surface area contributed by atoms with E-state index >= 15 is 0 Å². The fourth-order valence-corrected chi connectivity index (χ4v) is 2.06. The molecule has 2 rings (SSSR count). The third-order valence-electron chi connectivity index (χ3n) is 2.69. The number of nitro benzene ring substituents is 1. The predicted molar refractivity (Wildman–Crippen MR) is 74.9 cm³/mol. The van der Waals surface area contributed by atoms with Gasteiger partial charge >= 0.3 is 11.7 Å². The number of nitro groups is 1. The van der Waals surface area contributed by atoms with Crippen LogP contribution in [-0.4, -0.2) is 37.7 Å². The minimum absolute atomic E-state index is 0.0449. The molecule has 0 unspecified atom stereocenters. The molecule has 0 saturated heterocycles. The summed E-state index contributed by atoms with van der Waals surface area (Å²) in [5.41, 5.74) is 3.13. The number of carbonyl (C=O) groups excluding carboxylic acids is 1. The zero-order valence-corrected chi connectivity index (χ0v) is 11.8. The Bertz CT molecular complexity index is 809. The monoisotopic (exact) mass is 328 g/mol. The SMILES string of the molecule is CCOC(=O)c1c(Cl)c(N)c2nc(O)c(O)nc2c1[N+](=O)[O-]. The van der Waals surface area contributed by atoms with Gasteiger partial charge in [0.15, 0.2) is 11.1 Å². The van der Waals surface area contributed by atoms with E-state index in [0.29, 0.717) is 0 Å². The van der Waals surface area contributed by atoms with E-state index in [4.69, 9.17) is 22.1 Å². The Hall–Kier alpha value is -2.88. The molecular weight excluding hydrogens is 320 g/mol. The van der Waals surface area contributed by atoms with E-state index < -0.39 is 44.4 Å². The second-order valence-electron chi connectivity index (χ2n) is 4.00. The molecule has 11 heteroatoms. The number of nitrogens with zero attached hydrogens (tertiary/aromatic N) is 3. The summed E-state index contributed by atoms with van der Waals surface area (Å²) in [4.78, 5) is 29.2. The van der Waals surface area contributed by atoms with Crippen LogP contribution in [0.4, 0.5) is 11.4 Å². The van der Waals surface area contributed by atoms with Crippen LogP contribution in [0.5, 0.6) is 11.8 Å². The van der Waals surface area contributed by atoms with E-state index in [1.54, 1.807) is 0 Å². The number of benzene rings is 1. The molecule has 1 heterocycles. The molecule has 2 aromatic rings. The number of hydrogen-bond acceptors (Lipinski definition) is 9.